The van der Waals surface area contributed by atoms with Gasteiger partial charge in [-0.05, 0) is 32.4 Å². The summed E-state index contributed by atoms with van der Waals surface area (Å²) < 4.78 is 26.0. The molecular formula is C9H17N3O2S. The first-order chi connectivity index (χ1) is 7.10. The van der Waals surface area contributed by atoms with Crippen molar-refractivity contribution in [2.45, 2.75) is 37.5 Å². The quantitative estimate of drug-likeness (QED) is 0.711. The molecule has 2 N–H and O–H groups in total. The van der Waals surface area contributed by atoms with Crippen LogP contribution in [0.3, 0.4) is 0 Å². The largest absolute Gasteiger partial charge is 0.317 e. The van der Waals surface area contributed by atoms with Crippen molar-refractivity contribution in [1.29, 1.82) is 5.26 Å². The van der Waals surface area contributed by atoms with Crippen LogP contribution < -0.4 is 10.0 Å². The second kappa shape index (κ2) is 5.45. The SMILES string of the molecule is CCC(C#N)S(=O)(=O)NC1CCNCC1. The molecule has 86 valence electrons. The van der Waals surface area contributed by atoms with E-state index in [9.17, 15) is 8.42 Å². The molecule has 0 radical (unpaired) electrons. The fourth-order valence-electron chi connectivity index (χ4n) is 1.63. The third-order valence-electron chi connectivity index (χ3n) is 2.56. The molecule has 1 atom stereocenters. The van der Waals surface area contributed by atoms with E-state index in [-0.39, 0.29) is 6.04 Å². The molecule has 0 aromatic heterocycles. The molecule has 1 rings (SSSR count). The van der Waals surface area contributed by atoms with Gasteiger partial charge in [-0.15, -0.1) is 0 Å². The smallest absolute Gasteiger partial charge is 0.228 e. The number of sulfonamides is 1. The maximum absolute atomic E-state index is 11.7. The molecule has 1 aliphatic heterocycles. The number of hydrogen-bond acceptors (Lipinski definition) is 4. The highest BCUT2D eigenvalue weighted by atomic mass is 32.2. The van der Waals surface area contributed by atoms with Crippen LogP contribution in [0, 0.1) is 11.3 Å². The van der Waals surface area contributed by atoms with Crippen LogP contribution in [0.2, 0.25) is 0 Å². The van der Waals surface area contributed by atoms with Crippen molar-refractivity contribution in [2.75, 3.05) is 13.1 Å². The Hall–Kier alpha value is -0.640. The van der Waals surface area contributed by atoms with Crippen molar-refractivity contribution in [2.24, 2.45) is 0 Å². The molecule has 0 spiro atoms. The minimum Gasteiger partial charge on any atom is -0.317 e. The molecule has 5 nitrogen and oxygen atoms in total. The van der Waals surface area contributed by atoms with E-state index < -0.39 is 15.3 Å². The number of nitrogens with zero attached hydrogens (tertiary/aromatic N) is 1. The molecule has 0 bridgehead atoms. The zero-order chi connectivity index (χ0) is 11.3. The molecular weight excluding hydrogens is 214 g/mol. The number of nitriles is 1. The Morgan fingerprint density at radius 2 is 2.13 bits per heavy atom. The average Bonchev–Trinajstić information content (AvgIpc) is 2.19. The Morgan fingerprint density at radius 3 is 2.60 bits per heavy atom. The number of hydrogen-bond donors (Lipinski definition) is 2. The van der Waals surface area contributed by atoms with Crippen LogP contribution in [0.1, 0.15) is 26.2 Å². The number of piperidine rings is 1. The average molecular weight is 231 g/mol. The Morgan fingerprint density at radius 1 is 1.53 bits per heavy atom. The lowest BCUT2D eigenvalue weighted by atomic mass is 10.1. The van der Waals surface area contributed by atoms with Crippen LogP contribution in [0.4, 0.5) is 0 Å². The van der Waals surface area contributed by atoms with Crippen molar-refractivity contribution in [3.05, 3.63) is 0 Å². The standard InChI is InChI=1S/C9H17N3O2S/c1-2-9(7-10)15(13,14)12-8-3-5-11-6-4-8/h8-9,11-12H,2-6H2,1H3. The second-order valence-corrected chi connectivity index (χ2v) is 5.61. The van der Waals surface area contributed by atoms with E-state index in [1.54, 1.807) is 6.92 Å². The summed E-state index contributed by atoms with van der Waals surface area (Å²) in [4.78, 5) is 0. The second-order valence-electron chi connectivity index (χ2n) is 3.71. The zero-order valence-electron chi connectivity index (χ0n) is 8.86. The molecule has 0 aromatic rings. The highest BCUT2D eigenvalue weighted by molar-refractivity contribution is 7.90. The van der Waals surface area contributed by atoms with Crippen LogP contribution in [0.15, 0.2) is 0 Å². The summed E-state index contributed by atoms with van der Waals surface area (Å²) in [5.41, 5.74) is 0. The van der Waals surface area contributed by atoms with E-state index in [1.807, 2.05) is 6.07 Å². The van der Waals surface area contributed by atoms with Crippen LogP contribution in [-0.4, -0.2) is 32.8 Å². The van der Waals surface area contributed by atoms with E-state index in [2.05, 4.69) is 10.0 Å². The highest BCUT2D eigenvalue weighted by Gasteiger charge is 2.27. The first-order valence-electron chi connectivity index (χ1n) is 5.21. The summed E-state index contributed by atoms with van der Waals surface area (Å²) in [5.74, 6) is 0. The van der Waals surface area contributed by atoms with Gasteiger partial charge in [-0.25, -0.2) is 13.1 Å². The lowest BCUT2D eigenvalue weighted by molar-refractivity contribution is 0.425. The summed E-state index contributed by atoms with van der Waals surface area (Å²) in [6, 6.07) is 1.80. The molecule has 0 aromatic carbocycles. The fraction of sp³-hybridized carbons (Fsp3) is 0.889. The van der Waals surface area contributed by atoms with Gasteiger partial charge in [0.15, 0.2) is 5.25 Å². The summed E-state index contributed by atoms with van der Waals surface area (Å²) in [6.07, 6.45) is 1.92. The Kier molecular flexibility index (Phi) is 4.51. The lowest BCUT2D eigenvalue weighted by Crippen LogP contribution is -2.45. The van der Waals surface area contributed by atoms with Gasteiger partial charge < -0.3 is 5.32 Å². The van der Waals surface area contributed by atoms with Gasteiger partial charge in [0.2, 0.25) is 10.0 Å². The third kappa shape index (κ3) is 3.45. The highest BCUT2D eigenvalue weighted by Crippen LogP contribution is 2.08. The van der Waals surface area contributed by atoms with Crippen molar-refractivity contribution in [3.63, 3.8) is 0 Å². The van der Waals surface area contributed by atoms with E-state index >= 15 is 0 Å². The Balaban J connectivity index is 2.59. The van der Waals surface area contributed by atoms with E-state index in [0.717, 1.165) is 25.9 Å². The van der Waals surface area contributed by atoms with Gasteiger partial charge in [0.1, 0.15) is 0 Å². The molecule has 0 aliphatic carbocycles. The maximum Gasteiger partial charge on any atom is 0.228 e. The molecule has 1 heterocycles. The van der Waals surface area contributed by atoms with Gasteiger partial charge >= 0.3 is 0 Å². The van der Waals surface area contributed by atoms with Gasteiger partial charge in [0.05, 0.1) is 6.07 Å². The van der Waals surface area contributed by atoms with Crippen molar-refractivity contribution >= 4 is 10.0 Å². The van der Waals surface area contributed by atoms with E-state index in [4.69, 9.17) is 5.26 Å². The molecule has 1 unspecified atom stereocenters. The fourth-order valence-corrected chi connectivity index (χ4v) is 3.08. The summed E-state index contributed by atoms with van der Waals surface area (Å²) in [6.45, 7) is 3.36. The monoisotopic (exact) mass is 231 g/mol. The van der Waals surface area contributed by atoms with E-state index in [0.29, 0.717) is 6.42 Å². The van der Waals surface area contributed by atoms with Crippen molar-refractivity contribution in [3.8, 4) is 6.07 Å². The first-order valence-corrected chi connectivity index (χ1v) is 6.76. The Labute approximate surface area is 90.9 Å². The lowest BCUT2D eigenvalue weighted by Gasteiger charge is -2.24. The topological polar surface area (TPSA) is 82.0 Å². The molecule has 0 saturated carbocycles. The minimum absolute atomic E-state index is 0.0151. The van der Waals surface area contributed by atoms with Gasteiger partial charge in [-0.1, -0.05) is 6.92 Å². The first kappa shape index (κ1) is 12.4. The number of rotatable bonds is 4. The molecule has 0 amide bonds. The summed E-state index contributed by atoms with van der Waals surface area (Å²) >= 11 is 0. The molecule has 6 heteroatoms. The number of nitrogens with one attached hydrogen (secondary N) is 2. The van der Waals surface area contributed by atoms with Crippen LogP contribution in [-0.2, 0) is 10.0 Å². The minimum atomic E-state index is -3.46. The van der Waals surface area contributed by atoms with Gasteiger partial charge in [-0.3, -0.25) is 0 Å². The summed E-state index contributed by atoms with van der Waals surface area (Å²) in [5, 5.41) is 10.9. The molecule has 15 heavy (non-hydrogen) atoms. The van der Waals surface area contributed by atoms with Crippen LogP contribution in [0.5, 0.6) is 0 Å². The zero-order valence-corrected chi connectivity index (χ0v) is 9.68. The van der Waals surface area contributed by atoms with Gasteiger partial charge in [-0.2, -0.15) is 5.26 Å². The predicted molar refractivity (Wildman–Crippen MR) is 57.6 cm³/mol. The van der Waals surface area contributed by atoms with E-state index in [1.165, 1.54) is 0 Å². The molecule has 1 saturated heterocycles. The predicted octanol–water partition coefficient (Wildman–Crippen LogP) is -0.0400. The Bertz CT molecular complexity index is 328. The van der Waals surface area contributed by atoms with Crippen molar-refractivity contribution < 1.29 is 8.42 Å². The maximum atomic E-state index is 11.7. The van der Waals surface area contributed by atoms with Crippen molar-refractivity contribution in [1.82, 2.24) is 10.0 Å². The van der Waals surface area contributed by atoms with Crippen LogP contribution >= 0.6 is 0 Å². The third-order valence-corrected chi connectivity index (χ3v) is 4.41. The van der Waals surface area contributed by atoms with Gasteiger partial charge in [0, 0.05) is 6.04 Å². The summed E-state index contributed by atoms with van der Waals surface area (Å²) in [7, 11) is -3.46. The molecule has 1 fully saturated rings. The van der Waals surface area contributed by atoms with Crippen LogP contribution in [0.25, 0.3) is 0 Å². The molecule has 1 aliphatic rings. The normalized spacial score (nSPS) is 20.8. The van der Waals surface area contributed by atoms with Gasteiger partial charge in [0.25, 0.3) is 0 Å².